The third-order valence-corrected chi connectivity index (χ3v) is 3.02. The van der Waals surface area contributed by atoms with Crippen LogP contribution < -0.4 is 16.4 Å². The van der Waals surface area contributed by atoms with Crippen molar-refractivity contribution in [1.82, 2.24) is 10.6 Å². The van der Waals surface area contributed by atoms with E-state index in [1.54, 1.807) is 0 Å². The molecule has 1 fully saturated rings. The van der Waals surface area contributed by atoms with Gasteiger partial charge in [-0.05, 0) is 25.8 Å². The van der Waals surface area contributed by atoms with Crippen LogP contribution in [0.2, 0.25) is 0 Å². The van der Waals surface area contributed by atoms with E-state index in [2.05, 4.69) is 10.6 Å². The first-order chi connectivity index (χ1) is 7.72. The molecule has 5 heteroatoms. The van der Waals surface area contributed by atoms with Crippen molar-refractivity contribution in [1.29, 1.82) is 0 Å². The zero-order chi connectivity index (χ0) is 11.8. The number of hydrogen-bond donors (Lipinski definition) is 4. The Bertz CT molecular complexity index is 203. The van der Waals surface area contributed by atoms with E-state index in [1.165, 1.54) is 0 Å². The summed E-state index contributed by atoms with van der Waals surface area (Å²) >= 11 is 0. The fourth-order valence-corrected chi connectivity index (χ4v) is 2.00. The van der Waals surface area contributed by atoms with Crippen LogP contribution in [0.15, 0.2) is 0 Å². The molecule has 0 bridgehead atoms. The third kappa shape index (κ3) is 5.44. The smallest absolute Gasteiger partial charge is 0.303 e. The first kappa shape index (κ1) is 13.4. The third-order valence-electron chi connectivity index (χ3n) is 3.02. The highest BCUT2D eigenvalue weighted by Crippen LogP contribution is 2.06. The van der Waals surface area contributed by atoms with E-state index < -0.39 is 5.97 Å². The molecule has 0 saturated carbocycles. The molecule has 1 aliphatic rings. The molecule has 5 nitrogen and oxygen atoms in total. The number of carbonyl (C=O) groups is 1. The Morgan fingerprint density at radius 1 is 1.19 bits per heavy atom. The van der Waals surface area contributed by atoms with Crippen LogP contribution in [0, 0.1) is 0 Å². The lowest BCUT2D eigenvalue weighted by molar-refractivity contribution is -0.137. The van der Waals surface area contributed by atoms with Crippen molar-refractivity contribution in [3.05, 3.63) is 0 Å². The van der Waals surface area contributed by atoms with Gasteiger partial charge in [-0.15, -0.1) is 0 Å². The molecule has 0 aromatic heterocycles. The van der Waals surface area contributed by atoms with Crippen molar-refractivity contribution in [2.45, 2.75) is 44.2 Å². The number of unbranched alkanes of at least 4 members (excludes halogenated alkanes) is 1. The summed E-state index contributed by atoms with van der Waals surface area (Å²) in [7, 11) is 0. The van der Waals surface area contributed by atoms with E-state index in [4.69, 9.17) is 10.8 Å². The van der Waals surface area contributed by atoms with Crippen LogP contribution in [0.1, 0.15) is 32.1 Å². The number of carboxylic acids is 1. The quantitative estimate of drug-likeness (QED) is 0.458. The van der Waals surface area contributed by atoms with Crippen molar-refractivity contribution in [2.24, 2.45) is 5.73 Å². The fraction of sp³-hybridized carbons (Fsp3) is 0.909. The normalized spacial score (nSPS) is 25.6. The summed E-state index contributed by atoms with van der Waals surface area (Å²) in [6, 6.07) is 0.828. The zero-order valence-electron chi connectivity index (χ0n) is 9.74. The molecule has 1 saturated heterocycles. The lowest BCUT2D eigenvalue weighted by Crippen LogP contribution is -2.54. The number of rotatable bonds is 7. The summed E-state index contributed by atoms with van der Waals surface area (Å²) < 4.78 is 0. The first-order valence-electron chi connectivity index (χ1n) is 6.11. The highest BCUT2D eigenvalue weighted by atomic mass is 16.4. The van der Waals surface area contributed by atoms with Gasteiger partial charge < -0.3 is 21.5 Å². The monoisotopic (exact) mass is 229 g/mol. The van der Waals surface area contributed by atoms with Crippen LogP contribution in [0.4, 0.5) is 0 Å². The highest BCUT2D eigenvalue weighted by Gasteiger charge is 2.19. The maximum Gasteiger partial charge on any atom is 0.303 e. The van der Waals surface area contributed by atoms with Crippen LogP contribution in [0.25, 0.3) is 0 Å². The van der Waals surface area contributed by atoms with Gasteiger partial charge in [-0.25, -0.2) is 0 Å². The molecule has 0 aliphatic carbocycles. The second-order valence-electron chi connectivity index (χ2n) is 4.43. The van der Waals surface area contributed by atoms with Gasteiger partial charge in [0.1, 0.15) is 0 Å². The van der Waals surface area contributed by atoms with Crippen molar-refractivity contribution in [3.8, 4) is 0 Å². The number of nitrogens with one attached hydrogen (secondary N) is 2. The minimum Gasteiger partial charge on any atom is -0.481 e. The summed E-state index contributed by atoms with van der Waals surface area (Å²) in [5, 5.41) is 15.4. The summed E-state index contributed by atoms with van der Waals surface area (Å²) in [6.45, 7) is 2.58. The Labute approximate surface area is 96.8 Å². The Morgan fingerprint density at radius 3 is 2.31 bits per heavy atom. The maximum absolute atomic E-state index is 10.4. The lowest BCUT2D eigenvalue weighted by Gasteiger charge is -2.31. The van der Waals surface area contributed by atoms with Gasteiger partial charge in [-0.1, -0.05) is 6.42 Å². The molecule has 0 amide bonds. The summed E-state index contributed by atoms with van der Waals surface area (Å²) in [5.74, 6) is -0.716. The molecule has 0 unspecified atom stereocenters. The van der Waals surface area contributed by atoms with Crippen LogP contribution in [-0.2, 0) is 4.79 Å². The van der Waals surface area contributed by atoms with E-state index in [0.29, 0.717) is 18.5 Å². The van der Waals surface area contributed by atoms with Crippen LogP contribution in [0.5, 0.6) is 0 Å². The molecular weight excluding hydrogens is 206 g/mol. The molecule has 1 heterocycles. The molecule has 5 N–H and O–H groups in total. The van der Waals surface area contributed by atoms with E-state index in [-0.39, 0.29) is 6.42 Å². The Hall–Kier alpha value is -0.650. The fourth-order valence-electron chi connectivity index (χ4n) is 2.00. The minimum atomic E-state index is -0.716. The highest BCUT2D eigenvalue weighted by molar-refractivity contribution is 5.66. The molecule has 2 atom stereocenters. The van der Waals surface area contributed by atoms with Crippen molar-refractivity contribution in [2.75, 3.05) is 19.6 Å². The van der Waals surface area contributed by atoms with Gasteiger partial charge >= 0.3 is 5.97 Å². The minimum absolute atomic E-state index is 0.247. The van der Waals surface area contributed by atoms with Crippen LogP contribution in [-0.4, -0.2) is 42.8 Å². The van der Waals surface area contributed by atoms with Gasteiger partial charge in [0.2, 0.25) is 0 Å². The zero-order valence-corrected chi connectivity index (χ0v) is 9.74. The van der Waals surface area contributed by atoms with Crippen LogP contribution >= 0.6 is 0 Å². The van der Waals surface area contributed by atoms with Gasteiger partial charge in [0.05, 0.1) is 0 Å². The largest absolute Gasteiger partial charge is 0.481 e. The molecule has 16 heavy (non-hydrogen) atoms. The standard InChI is InChI=1S/C11H23N3O2/c12-6-2-1-3-9-7-14-10(8-13-9)4-5-11(15)16/h9-10,13-14H,1-8,12H2,(H,15,16)/t9-,10+/m0/s1. The molecule has 0 aromatic carbocycles. The number of hydrogen-bond acceptors (Lipinski definition) is 4. The first-order valence-corrected chi connectivity index (χ1v) is 6.11. The van der Waals surface area contributed by atoms with Crippen LogP contribution in [0.3, 0.4) is 0 Å². The SMILES string of the molecule is NCCCC[C@H]1CN[C@H](CCC(=O)O)CN1. The van der Waals surface area contributed by atoms with Gasteiger partial charge in [-0.2, -0.15) is 0 Å². The molecular formula is C11H23N3O2. The lowest BCUT2D eigenvalue weighted by atomic mass is 10.0. The second kappa shape index (κ2) is 7.60. The van der Waals surface area contributed by atoms with E-state index in [1.807, 2.05) is 0 Å². The number of aliphatic carboxylic acids is 1. The summed E-state index contributed by atoms with van der Waals surface area (Å²) in [5.41, 5.74) is 5.44. The molecule has 0 aromatic rings. The van der Waals surface area contributed by atoms with E-state index in [0.717, 1.165) is 38.9 Å². The average molecular weight is 229 g/mol. The topological polar surface area (TPSA) is 87.4 Å². The molecule has 1 aliphatic heterocycles. The average Bonchev–Trinajstić information content (AvgIpc) is 2.28. The van der Waals surface area contributed by atoms with Gasteiger partial charge in [0, 0.05) is 31.6 Å². The second-order valence-corrected chi connectivity index (χ2v) is 4.43. The predicted molar refractivity (Wildman–Crippen MR) is 63.4 cm³/mol. The van der Waals surface area contributed by atoms with E-state index in [9.17, 15) is 4.79 Å². The van der Waals surface area contributed by atoms with Gasteiger partial charge in [0.25, 0.3) is 0 Å². The molecule has 0 radical (unpaired) electrons. The maximum atomic E-state index is 10.4. The van der Waals surface area contributed by atoms with Crippen molar-refractivity contribution in [3.63, 3.8) is 0 Å². The molecule has 1 rings (SSSR count). The number of carboxylic acid groups (broad SMARTS) is 1. The van der Waals surface area contributed by atoms with Crippen molar-refractivity contribution < 1.29 is 9.90 Å². The predicted octanol–water partition coefficient (Wildman–Crippen LogP) is -0.0898. The molecule has 94 valence electrons. The van der Waals surface area contributed by atoms with Gasteiger partial charge in [-0.3, -0.25) is 4.79 Å². The Kier molecular flexibility index (Phi) is 6.37. The Balaban J connectivity index is 2.06. The number of piperazine rings is 1. The van der Waals surface area contributed by atoms with E-state index >= 15 is 0 Å². The summed E-state index contributed by atoms with van der Waals surface area (Å²) in [4.78, 5) is 10.4. The van der Waals surface area contributed by atoms with Crippen molar-refractivity contribution >= 4 is 5.97 Å². The summed E-state index contributed by atoms with van der Waals surface area (Å²) in [6.07, 6.45) is 4.35. The Morgan fingerprint density at radius 2 is 1.81 bits per heavy atom. The number of nitrogens with two attached hydrogens (primary N) is 1. The van der Waals surface area contributed by atoms with Gasteiger partial charge in [0.15, 0.2) is 0 Å². The molecule has 0 spiro atoms.